The molecule has 0 saturated heterocycles. The SMILES string of the molecule is CSCC(C)NS(=O)(=O)c1cc(Cl)cc(CN)c1Cl. The predicted octanol–water partition coefficient (Wildman–Crippen LogP) is 2.48. The van der Waals surface area contributed by atoms with Gasteiger partial charge in [0, 0.05) is 23.4 Å². The summed E-state index contributed by atoms with van der Waals surface area (Å²) in [6.45, 7) is 1.92. The van der Waals surface area contributed by atoms with Gasteiger partial charge in [-0.05, 0) is 30.9 Å². The van der Waals surface area contributed by atoms with E-state index in [9.17, 15) is 8.42 Å². The van der Waals surface area contributed by atoms with E-state index in [-0.39, 0.29) is 22.5 Å². The number of rotatable bonds is 6. The number of halogens is 2. The molecule has 0 spiro atoms. The number of thioether (sulfide) groups is 1. The second-order valence-corrected chi connectivity index (χ2v) is 7.47. The number of nitrogens with two attached hydrogens (primary N) is 1. The summed E-state index contributed by atoms with van der Waals surface area (Å²) in [5, 5.41) is 0.415. The zero-order chi connectivity index (χ0) is 14.6. The minimum absolute atomic E-state index is 0.0323. The lowest BCUT2D eigenvalue weighted by atomic mass is 10.2. The number of nitrogens with one attached hydrogen (secondary N) is 1. The van der Waals surface area contributed by atoms with Crippen molar-refractivity contribution < 1.29 is 8.42 Å². The van der Waals surface area contributed by atoms with E-state index >= 15 is 0 Å². The van der Waals surface area contributed by atoms with Gasteiger partial charge < -0.3 is 5.73 Å². The second kappa shape index (κ2) is 7.15. The highest BCUT2D eigenvalue weighted by Crippen LogP contribution is 2.29. The maximum Gasteiger partial charge on any atom is 0.242 e. The van der Waals surface area contributed by atoms with E-state index in [1.165, 1.54) is 6.07 Å². The topological polar surface area (TPSA) is 72.2 Å². The minimum atomic E-state index is -3.70. The molecule has 0 aliphatic rings. The van der Waals surface area contributed by atoms with Crippen LogP contribution in [0.4, 0.5) is 0 Å². The average molecular weight is 343 g/mol. The number of hydrogen-bond acceptors (Lipinski definition) is 4. The van der Waals surface area contributed by atoms with Gasteiger partial charge in [-0.1, -0.05) is 23.2 Å². The van der Waals surface area contributed by atoms with E-state index in [4.69, 9.17) is 28.9 Å². The summed E-state index contributed by atoms with van der Waals surface area (Å²) in [7, 11) is -3.70. The lowest BCUT2D eigenvalue weighted by molar-refractivity contribution is 0.571. The molecule has 0 bridgehead atoms. The van der Waals surface area contributed by atoms with Crippen molar-refractivity contribution in [1.29, 1.82) is 0 Å². The number of benzene rings is 1. The first-order chi connectivity index (χ1) is 8.81. The predicted molar refractivity (Wildman–Crippen MR) is 82.5 cm³/mol. The molecule has 108 valence electrons. The van der Waals surface area contributed by atoms with E-state index in [1.807, 2.05) is 6.26 Å². The van der Waals surface area contributed by atoms with Crippen LogP contribution >= 0.6 is 35.0 Å². The number of sulfonamides is 1. The van der Waals surface area contributed by atoms with Crippen LogP contribution in [0.2, 0.25) is 10.0 Å². The van der Waals surface area contributed by atoms with Crippen LogP contribution in [-0.2, 0) is 16.6 Å². The molecular formula is C11H16Cl2N2O2S2. The smallest absolute Gasteiger partial charge is 0.242 e. The molecule has 0 fully saturated rings. The van der Waals surface area contributed by atoms with Crippen LogP contribution in [0.3, 0.4) is 0 Å². The van der Waals surface area contributed by atoms with Crippen LogP contribution in [0.1, 0.15) is 12.5 Å². The molecule has 0 heterocycles. The Hall–Kier alpha value is 0.0200. The van der Waals surface area contributed by atoms with E-state index in [0.717, 1.165) is 0 Å². The maximum absolute atomic E-state index is 12.3. The van der Waals surface area contributed by atoms with Crippen LogP contribution in [0.15, 0.2) is 17.0 Å². The minimum Gasteiger partial charge on any atom is -0.326 e. The molecule has 19 heavy (non-hydrogen) atoms. The zero-order valence-corrected chi connectivity index (χ0v) is 13.8. The van der Waals surface area contributed by atoms with Crippen molar-refractivity contribution in [1.82, 2.24) is 4.72 Å². The van der Waals surface area contributed by atoms with Gasteiger partial charge in [-0.3, -0.25) is 0 Å². The first-order valence-corrected chi connectivity index (χ1v) is 9.14. The molecular weight excluding hydrogens is 327 g/mol. The maximum atomic E-state index is 12.3. The molecule has 1 aromatic rings. The lowest BCUT2D eigenvalue weighted by Crippen LogP contribution is -2.34. The van der Waals surface area contributed by atoms with Gasteiger partial charge in [-0.15, -0.1) is 0 Å². The molecule has 0 aliphatic carbocycles. The fourth-order valence-electron chi connectivity index (χ4n) is 1.57. The molecule has 0 amide bonds. The van der Waals surface area contributed by atoms with Crippen LogP contribution in [0, 0.1) is 0 Å². The molecule has 1 aromatic carbocycles. The standard InChI is InChI=1S/C11H16Cl2N2O2S2/c1-7(6-18-2)15-19(16,17)10-4-9(12)3-8(5-14)11(10)13/h3-4,7,15H,5-6,14H2,1-2H3. The summed E-state index contributed by atoms with van der Waals surface area (Å²) in [4.78, 5) is -0.0323. The Kier molecular flexibility index (Phi) is 6.42. The summed E-state index contributed by atoms with van der Waals surface area (Å²) in [6.07, 6.45) is 1.91. The summed E-state index contributed by atoms with van der Waals surface area (Å²) >= 11 is 13.5. The van der Waals surface area contributed by atoms with Gasteiger partial charge in [0.2, 0.25) is 10.0 Å². The van der Waals surface area contributed by atoms with Gasteiger partial charge in [0.05, 0.1) is 5.02 Å². The van der Waals surface area contributed by atoms with E-state index < -0.39 is 10.0 Å². The summed E-state index contributed by atoms with van der Waals surface area (Å²) in [5.74, 6) is 0.668. The van der Waals surface area contributed by atoms with Gasteiger partial charge in [-0.25, -0.2) is 13.1 Å². The second-order valence-electron chi connectivity index (χ2n) is 4.06. The van der Waals surface area contributed by atoms with E-state index in [0.29, 0.717) is 16.3 Å². The molecule has 1 unspecified atom stereocenters. The highest BCUT2D eigenvalue weighted by Gasteiger charge is 2.22. The Bertz CT molecular complexity index is 550. The van der Waals surface area contributed by atoms with Crippen molar-refractivity contribution in [2.45, 2.75) is 24.4 Å². The quantitative estimate of drug-likeness (QED) is 0.832. The fraction of sp³-hybridized carbons (Fsp3) is 0.455. The zero-order valence-electron chi connectivity index (χ0n) is 10.6. The van der Waals surface area contributed by atoms with Crippen molar-refractivity contribution >= 4 is 45.0 Å². The lowest BCUT2D eigenvalue weighted by Gasteiger charge is -2.15. The summed E-state index contributed by atoms with van der Waals surface area (Å²) < 4.78 is 27.1. The molecule has 1 rings (SSSR count). The monoisotopic (exact) mass is 342 g/mol. The Morgan fingerprint density at radius 1 is 1.42 bits per heavy atom. The molecule has 3 N–H and O–H groups in total. The molecule has 1 atom stereocenters. The third-order valence-corrected chi connectivity index (χ3v) is 5.59. The van der Waals surface area contributed by atoms with Crippen molar-refractivity contribution in [3.05, 3.63) is 27.7 Å². The van der Waals surface area contributed by atoms with Crippen molar-refractivity contribution in [2.75, 3.05) is 12.0 Å². The largest absolute Gasteiger partial charge is 0.326 e. The first-order valence-electron chi connectivity index (χ1n) is 5.51. The Balaban J connectivity index is 3.18. The van der Waals surface area contributed by atoms with Crippen molar-refractivity contribution in [2.24, 2.45) is 5.73 Å². The van der Waals surface area contributed by atoms with Crippen molar-refractivity contribution in [3.8, 4) is 0 Å². The summed E-state index contributed by atoms with van der Waals surface area (Å²) in [5.41, 5.74) is 6.03. The van der Waals surface area contributed by atoms with Gasteiger partial charge in [0.15, 0.2) is 0 Å². The highest BCUT2D eigenvalue weighted by atomic mass is 35.5. The average Bonchev–Trinajstić information content (AvgIpc) is 2.31. The first kappa shape index (κ1) is 17.1. The molecule has 0 radical (unpaired) electrons. The highest BCUT2D eigenvalue weighted by molar-refractivity contribution is 7.98. The van der Waals surface area contributed by atoms with Gasteiger partial charge >= 0.3 is 0 Å². The molecule has 0 aliphatic heterocycles. The van der Waals surface area contributed by atoms with E-state index in [1.54, 1.807) is 24.8 Å². The summed E-state index contributed by atoms with van der Waals surface area (Å²) in [6, 6.07) is 2.70. The molecule has 4 nitrogen and oxygen atoms in total. The Labute approximate surface area is 128 Å². The van der Waals surface area contributed by atoms with Gasteiger partial charge in [-0.2, -0.15) is 11.8 Å². The fourth-order valence-corrected chi connectivity index (χ4v) is 4.45. The Morgan fingerprint density at radius 3 is 2.58 bits per heavy atom. The number of hydrogen-bond donors (Lipinski definition) is 2. The molecule has 8 heteroatoms. The van der Waals surface area contributed by atoms with Crippen molar-refractivity contribution in [3.63, 3.8) is 0 Å². The van der Waals surface area contributed by atoms with Crippen LogP contribution in [0.5, 0.6) is 0 Å². The van der Waals surface area contributed by atoms with Crippen LogP contribution in [-0.4, -0.2) is 26.5 Å². The molecule has 0 saturated carbocycles. The van der Waals surface area contributed by atoms with E-state index in [2.05, 4.69) is 4.72 Å². The third-order valence-electron chi connectivity index (χ3n) is 2.36. The third kappa shape index (κ3) is 4.51. The van der Waals surface area contributed by atoms with Gasteiger partial charge in [0.1, 0.15) is 4.90 Å². The van der Waals surface area contributed by atoms with Gasteiger partial charge in [0.25, 0.3) is 0 Å². The normalized spacial score (nSPS) is 13.5. The molecule has 0 aromatic heterocycles. The Morgan fingerprint density at radius 2 is 2.05 bits per heavy atom. The van der Waals surface area contributed by atoms with Crippen LogP contribution in [0.25, 0.3) is 0 Å². The van der Waals surface area contributed by atoms with Crippen LogP contribution < -0.4 is 10.5 Å².